The van der Waals surface area contributed by atoms with Gasteiger partial charge < -0.3 is 12.6 Å². The number of nitriles is 1. The van der Waals surface area contributed by atoms with E-state index in [0.717, 1.165) is 0 Å². The summed E-state index contributed by atoms with van der Waals surface area (Å²) in [7, 11) is 0. The summed E-state index contributed by atoms with van der Waals surface area (Å²) < 4.78 is 0. The van der Waals surface area contributed by atoms with Crippen molar-refractivity contribution >= 4 is 12.6 Å². The smallest absolute Gasteiger partial charge is 0.696 e. The molecule has 0 saturated heterocycles. The number of hydrogen-bond acceptors (Lipinski definition) is 2. The molecule has 1 nitrogen and oxygen atoms in total. The molecule has 16 valence electrons. The van der Waals surface area contributed by atoms with Gasteiger partial charge in [0.05, 0.1) is 0 Å². The standard InChI is InChI=1S/CHNS.K/c2-1-3;/h3H;/q;+1/p-1/i1+1,2+1;. The molecule has 0 aromatic rings. The molecule has 0 saturated carbocycles. The van der Waals surface area contributed by atoms with Gasteiger partial charge >= 0.3 is 51.4 Å². The van der Waals surface area contributed by atoms with Gasteiger partial charge in [-0.05, 0) is 0 Å². The van der Waals surface area contributed by atoms with E-state index in [-0.39, 0.29) is 51.4 Å². The van der Waals surface area contributed by atoms with Gasteiger partial charge in [-0.1, -0.05) is 5.40 Å². The number of nitrogens with zero attached hydrogens (tertiary/aromatic N) is 1. The molecule has 0 heterocycles. The quantitative estimate of drug-likeness (QED) is 0.106. The monoisotopic (exact) mass is 98.9 g/mol. The van der Waals surface area contributed by atoms with Crippen LogP contribution in [-0.4, -0.2) is 0 Å². The van der Waals surface area contributed by atoms with Crippen LogP contribution in [0.3, 0.4) is 0 Å². The van der Waals surface area contributed by atoms with E-state index in [1.165, 1.54) is 5.40 Å². The van der Waals surface area contributed by atoms with E-state index in [4.69, 9.17) is 5.26 Å². The minimum atomic E-state index is 0. The fourth-order valence-electron chi connectivity index (χ4n) is 0. The third-order valence-electron chi connectivity index (χ3n) is 0. The van der Waals surface area contributed by atoms with Gasteiger partial charge in [0.1, 0.15) is 0 Å². The second-order valence-corrected chi connectivity index (χ2v) is 0.274. The van der Waals surface area contributed by atoms with Crippen LogP contribution >= 0.6 is 0 Å². The Morgan fingerprint density at radius 3 is 1.75 bits per heavy atom. The Bertz CT molecular complexity index is 29.5. The molecule has 0 atom stereocenters. The van der Waals surface area contributed by atoms with Crippen LogP contribution in [0.25, 0.3) is 0 Å². The van der Waals surface area contributed by atoms with Gasteiger partial charge in [0.15, 0.2) is 0 Å². The van der Waals surface area contributed by atoms with Crippen LogP contribution in [0.5, 0.6) is 0 Å². The molecular weight excluding hydrogens is 99.2 g/mol. The second kappa shape index (κ2) is 8.84. The van der Waals surface area contributed by atoms with Crippen molar-refractivity contribution < 1.29 is 51.4 Å². The normalized spacial score (nSPS) is 1.75. The zero-order valence-electron chi connectivity index (χ0n) is 2.36. The van der Waals surface area contributed by atoms with E-state index in [1.54, 1.807) is 0 Å². The van der Waals surface area contributed by atoms with Gasteiger partial charge in [-0.2, -0.15) is 0 Å². The third kappa shape index (κ3) is 10.2. The Kier molecular flexibility index (Phi) is 19.9. The van der Waals surface area contributed by atoms with Crippen LogP contribution in [0.4, 0.5) is 0 Å². The molecule has 0 aromatic carbocycles. The van der Waals surface area contributed by atoms with Crippen molar-refractivity contribution in [2.24, 2.45) is 0 Å². The van der Waals surface area contributed by atoms with E-state index in [0.29, 0.717) is 0 Å². The summed E-state index contributed by atoms with van der Waals surface area (Å²) >= 11 is 3.70. The zero-order chi connectivity index (χ0) is 2.71. The predicted octanol–water partition coefficient (Wildman–Crippen LogP) is -2.98. The second-order valence-electron chi connectivity index (χ2n) is 0.0913. The van der Waals surface area contributed by atoms with Gasteiger partial charge in [0.25, 0.3) is 0 Å². The first-order chi connectivity index (χ1) is 1.41. The average molecular weight is 99.2 g/mol. The van der Waals surface area contributed by atoms with E-state index >= 15 is 0 Å². The Morgan fingerprint density at radius 2 is 1.75 bits per heavy atom. The number of rotatable bonds is 0. The van der Waals surface area contributed by atoms with Crippen LogP contribution in [0.15, 0.2) is 0 Å². The summed E-state index contributed by atoms with van der Waals surface area (Å²) in [5.41, 5.74) is 0. The van der Waals surface area contributed by atoms with E-state index in [9.17, 15) is 0 Å². The summed E-state index contributed by atoms with van der Waals surface area (Å²) in [6.07, 6.45) is 0. The van der Waals surface area contributed by atoms with Crippen molar-refractivity contribution in [3.05, 3.63) is 0 Å². The summed E-state index contributed by atoms with van der Waals surface area (Å²) in [5, 5.41) is 8.47. The summed E-state index contributed by atoms with van der Waals surface area (Å²) in [5.74, 6) is 0. The molecular formula is CKNS. The van der Waals surface area contributed by atoms with Crippen molar-refractivity contribution in [3.8, 4) is 5.40 Å². The number of hydrogen-bond donors (Lipinski definition) is 0. The first-order valence-corrected chi connectivity index (χ1v) is 0.836. The molecule has 4 heavy (non-hydrogen) atoms. The fraction of sp³-hybridized carbons (Fsp3) is 0. The molecule has 0 radical (unpaired) electrons. The molecule has 0 aliphatic rings. The van der Waals surface area contributed by atoms with Gasteiger partial charge in [-0.25, -0.2) is 5.26 Å². The van der Waals surface area contributed by atoms with Gasteiger partial charge in [0.2, 0.25) is 0 Å². The van der Waals surface area contributed by atoms with Gasteiger partial charge in [0, 0.05) is 0 Å². The molecule has 0 rings (SSSR count). The molecule has 0 aliphatic heterocycles. The molecule has 0 bridgehead atoms. The molecule has 0 fully saturated rings. The zero-order valence-corrected chi connectivity index (χ0v) is 6.30. The summed E-state index contributed by atoms with van der Waals surface area (Å²) in [6, 6.07) is 0. The van der Waals surface area contributed by atoms with Crippen LogP contribution in [-0.2, 0) is 12.6 Å². The van der Waals surface area contributed by atoms with Gasteiger partial charge in [-0.15, -0.1) is 0 Å². The van der Waals surface area contributed by atoms with Crippen LogP contribution in [0, 0.1) is 10.7 Å². The molecule has 0 unspecified atom stereocenters. The minimum Gasteiger partial charge on any atom is -0.696 e. The van der Waals surface area contributed by atoms with Gasteiger partial charge in [-0.3, -0.25) is 0 Å². The van der Waals surface area contributed by atoms with Crippen molar-refractivity contribution in [1.29, 1.82) is 5.26 Å². The molecule has 3 heteroatoms. The topological polar surface area (TPSA) is 23.8 Å². The van der Waals surface area contributed by atoms with Crippen molar-refractivity contribution in [1.82, 2.24) is 0 Å². The number of thiocyanates is 1. The van der Waals surface area contributed by atoms with Crippen molar-refractivity contribution in [3.63, 3.8) is 0 Å². The predicted molar refractivity (Wildman–Crippen MR) is 13.0 cm³/mol. The van der Waals surface area contributed by atoms with Crippen molar-refractivity contribution in [2.45, 2.75) is 0 Å². The van der Waals surface area contributed by atoms with Crippen molar-refractivity contribution in [2.75, 3.05) is 0 Å². The Morgan fingerprint density at radius 1 is 1.75 bits per heavy atom. The van der Waals surface area contributed by atoms with E-state index in [2.05, 4.69) is 12.6 Å². The summed E-state index contributed by atoms with van der Waals surface area (Å²) in [4.78, 5) is 0. The average Bonchev–Trinajstić information content (AvgIpc) is 0.918. The molecule has 0 amide bonds. The fourth-order valence-corrected chi connectivity index (χ4v) is 0. The third-order valence-corrected chi connectivity index (χ3v) is 0. The Balaban J connectivity index is 0. The molecule has 0 spiro atoms. The molecule has 0 aliphatic carbocycles. The maximum Gasteiger partial charge on any atom is 1.00 e. The first-order valence-electron chi connectivity index (χ1n) is 0.428. The van der Waals surface area contributed by atoms with Crippen LogP contribution in [0.1, 0.15) is 0 Å². The maximum atomic E-state index is 7.13. The van der Waals surface area contributed by atoms with E-state index in [1.807, 2.05) is 0 Å². The largest absolute Gasteiger partial charge is 1.00 e. The Labute approximate surface area is 73.2 Å². The SMILES string of the molecule is [15N]#[13C][S-].[K+]. The van der Waals surface area contributed by atoms with E-state index < -0.39 is 0 Å². The molecule has 0 N–H and O–H groups in total. The Hall–Kier alpha value is 1.35. The van der Waals surface area contributed by atoms with Crippen LogP contribution in [0.2, 0.25) is 0 Å². The maximum absolute atomic E-state index is 7.13. The minimum absolute atomic E-state index is 0. The van der Waals surface area contributed by atoms with Crippen LogP contribution < -0.4 is 51.4 Å². The molecule has 0 aromatic heterocycles. The first kappa shape index (κ1) is 9.02. The summed E-state index contributed by atoms with van der Waals surface area (Å²) in [6.45, 7) is 0.